The van der Waals surface area contributed by atoms with E-state index in [1.165, 1.54) is 6.08 Å². The Morgan fingerprint density at radius 1 is 1.10 bits per heavy atom. The van der Waals surface area contributed by atoms with Crippen LogP contribution in [0.1, 0.15) is 5.56 Å². The first-order chi connectivity index (χ1) is 9.83. The molecule has 0 spiro atoms. The number of aromatic nitrogens is 4. The molecule has 6 nitrogen and oxygen atoms in total. The molecule has 0 saturated heterocycles. The lowest BCUT2D eigenvalue weighted by atomic mass is 10.2. The third-order valence-corrected chi connectivity index (χ3v) is 2.67. The highest BCUT2D eigenvalue weighted by Crippen LogP contribution is 2.08. The molecule has 6 heteroatoms. The fraction of sp³-hybridized carbons (Fsp3) is 0. The van der Waals surface area contributed by atoms with Crippen LogP contribution in [0.2, 0.25) is 0 Å². The van der Waals surface area contributed by atoms with Crippen molar-refractivity contribution in [3.8, 4) is 0 Å². The van der Waals surface area contributed by atoms with E-state index in [4.69, 9.17) is 0 Å². The lowest BCUT2D eigenvalue weighted by Gasteiger charge is -2.04. The Morgan fingerprint density at radius 2 is 1.95 bits per heavy atom. The molecular formula is C14H11N5O. The normalized spacial score (nSPS) is 11.0. The Hall–Kier alpha value is -3.02. The van der Waals surface area contributed by atoms with Crippen LogP contribution in [-0.2, 0) is 4.79 Å². The average molecular weight is 265 g/mol. The molecule has 98 valence electrons. The minimum absolute atomic E-state index is 0.232. The minimum Gasteiger partial charge on any atom is -0.307 e. The number of rotatable bonds is 3. The van der Waals surface area contributed by atoms with Crippen LogP contribution in [0.4, 0.5) is 5.82 Å². The first kappa shape index (κ1) is 12.0. The van der Waals surface area contributed by atoms with E-state index in [-0.39, 0.29) is 5.91 Å². The van der Waals surface area contributed by atoms with E-state index in [0.717, 1.165) is 5.56 Å². The van der Waals surface area contributed by atoms with Crippen LogP contribution >= 0.6 is 0 Å². The third kappa shape index (κ3) is 2.54. The zero-order chi connectivity index (χ0) is 13.8. The first-order valence-electron chi connectivity index (χ1n) is 6.01. The molecular weight excluding hydrogens is 254 g/mol. The van der Waals surface area contributed by atoms with Gasteiger partial charge in [0.2, 0.25) is 5.91 Å². The number of nitrogens with one attached hydrogen (secondary N) is 1. The highest BCUT2D eigenvalue weighted by atomic mass is 16.1. The Balaban J connectivity index is 1.76. The summed E-state index contributed by atoms with van der Waals surface area (Å²) >= 11 is 0. The summed E-state index contributed by atoms with van der Waals surface area (Å²) in [4.78, 5) is 19.9. The molecule has 0 atom stereocenters. The van der Waals surface area contributed by atoms with Crippen LogP contribution in [0.25, 0.3) is 11.7 Å². The van der Waals surface area contributed by atoms with Gasteiger partial charge in [-0.25, -0.2) is 4.98 Å². The summed E-state index contributed by atoms with van der Waals surface area (Å²) in [7, 11) is 0. The molecule has 0 saturated carbocycles. The molecule has 3 heterocycles. The molecule has 1 N–H and O–H groups in total. The summed E-state index contributed by atoms with van der Waals surface area (Å²) in [5, 5.41) is 6.86. The van der Waals surface area contributed by atoms with Gasteiger partial charge in [0.25, 0.3) is 0 Å². The highest BCUT2D eigenvalue weighted by molar-refractivity contribution is 6.01. The number of carbonyl (C=O) groups excluding carboxylic acids is 1. The van der Waals surface area contributed by atoms with E-state index in [1.807, 2.05) is 12.1 Å². The maximum Gasteiger partial charge on any atom is 0.249 e. The molecule has 0 aromatic carbocycles. The molecule has 0 unspecified atom stereocenters. The predicted octanol–water partition coefficient (Wildman–Crippen LogP) is 1.78. The Labute approximate surface area is 114 Å². The molecule has 3 aromatic heterocycles. The van der Waals surface area contributed by atoms with Crippen molar-refractivity contribution in [2.45, 2.75) is 0 Å². The molecule has 20 heavy (non-hydrogen) atoms. The molecule has 0 aliphatic carbocycles. The van der Waals surface area contributed by atoms with E-state index in [9.17, 15) is 4.79 Å². The second kappa shape index (κ2) is 5.31. The third-order valence-electron chi connectivity index (χ3n) is 2.67. The topological polar surface area (TPSA) is 72.2 Å². The van der Waals surface area contributed by atoms with Gasteiger partial charge < -0.3 is 5.32 Å². The van der Waals surface area contributed by atoms with Crippen molar-refractivity contribution >= 4 is 23.4 Å². The summed E-state index contributed by atoms with van der Waals surface area (Å²) in [6, 6.07) is 7.10. The van der Waals surface area contributed by atoms with E-state index in [2.05, 4.69) is 20.4 Å². The molecule has 1 amide bonds. The minimum atomic E-state index is -0.232. The molecule has 0 bridgehead atoms. The van der Waals surface area contributed by atoms with Crippen LogP contribution in [0.5, 0.6) is 0 Å². The number of anilines is 1. The Bertz CT molecular complexity index is 763. The van der Waals surface area contributed by atoms with Gasteiger partial charge in [0.1, 0.15) is 5.82 Å². The maximum atomic E-state index is 11.9. The number of fused-ring (bicyclic) bond motifs is 1. The summed E-state index contributed by atoms with van der Waals surface area (Å²) in [5.41, 5.74) is 1.59. The van der Waals surface area contributed by atoms with Crippen LogP contribution in [0.15, 0.2) is 55.1 Å². The first-order valence-corrected chi connectivity index (χ1v) is 6.01. The molecule has 3 rings (SSSR count). The van der Waals surface area contributed by atoms with Gasteiger partial charge >= 0.3 is 0 Å². The monoisotopic (exact) mass is 265 g/mol. The molecule has 0 aliphatic heterocycles. The van der Waals surface area contributed by atoms with Gasteiger partial charge in [-0.15, -0.1) is 0 Å². The lowest BCUT2D eigenvalue weighted by molar-refractivity contribution is -0.111. The number of hydrogen-bond acceptors (Lipinski definition) is 4. The van der Waals surface area contributed by atoms with Crippen LogP contribution < -0.4 is 5.32 Å². The fourth-order valence-corrected chi connectivity index (χ4v) is 1.74. The zero-order valence-electron chi connectivity index (χ0n) is 10.5. The Morgan fingerprint density at radius 3 is 2.80 bits per heavy atom. The largest absolute Gasteiger partial charge is 0.307 e. The van der Waals surface area contributed by atoms with Crippen molar-refractivity contribution in [2.75, 3.05) is 5.32 Å². The van der Waals surface area contributed by atoms with Gasteiger partial charge in [0, 0.05) is 30.7 Å². The number of nitrogens with zero attached hydrogens (tertiary/aromatic N) is 4. The SMILES string of the molecule is O=C(/C=C/c1ccncc1)Nc1ccnc2ccnn12. The fourth-order valence-electron chi connectivity index (χ4n) is 1.74. The van der Waals surface area contributed by atoms with E-state index >= 15 is 0 Å². The standard InChI is InChI=1S/C14H11N5O/c20-14(2-1-11-3-7-15-8-4-11)18-13-5-9-16-12-6-10-17-19(12)13/h1-10H,(H,18,20)/b2-1+. The summed E-state index contributed by atoms with van der Waals surface area (Å²) in [6.07, 6.45) is 9.79. The number of carbonyl (C=O) groups is 1. The summed E-state index contributed by atoms with van der Waals surface area (Å²) in [5.74, 6) is 0.342. The van der Waals surface area contributed by atoms with Crippen LogP contribution in [0, 0.1) is 0 Å². The second-order valence-electron chi connectivity index (χ2n) is 4.03. The quantitative estimate of drug-likeness (QED) is 0.733. The second-order valence-corrected chi connectivity index (χ2v) is 4.03. The van der Waals surface area contributed by atoms with Gasteiger partial charge in [-0.1, -0.05) is 0 Å². The predicted molar refractivity (Wildman–Crippen MR) is 74.9 cm³/mol. The van der Waals surface area contributed by atoms with Crippen molar-refractivity contribution in [3.05, 3.63) is 60.7 Å². The highest BCUT2D eigenvalue weighted by Gasteiger charge is 2.03. The zero-order valence-corrected chi connectivity index (χ0v) is 10.5. The van der Waals surface area contributed by atoms with Gasteiger partial charge in [-0.05, 0) is 29.8 Å². The van der Waals surface area contributed by atoms with E-state index in [0.29, 0.717) is 11.5 Å². The smallest absolute Gasteiger partial charge is 0.249 e. The van der Waals surface area contributed by atoms with Crippen molar-refractivity contribution in [1.82, 2.24) is 19.6 Å². The number of pyridine rings is 1. The molecule has 0 radical (unpaired) electrons. The lowest BCUT2D eigenvalue weighted by Crippen LogP contribution is -2.11. The van der Waals surface area contributed by atoms with Crippen molar-refractivity contribution in [3.63, 3.8) is 0 Å². The summed E-state index contributed by atoms with van der Waals surface area (Å²) in [6.45, 7) is 0. The van der Waals surface area contributed by atoms with Crippen molar-refractivity contribution in [1.29, 1.82) is 0 Å². The Kier molecular flexibility index (Phi) is 3.20. The van der Waals surface area contributed by atoms with Gasteiger partial charge in [-0.3, -0.25) is 9.78 Å². The van der Waals surface area contributed by atoms with Gasteiger partial charge in [0.05, 0.1) is 6.20 Å². The molecule has 3 aromatic rings. The maximum absolute atomic E-state index is 11.9. The molecule has 0 fully saturated rings. The van der Waals surface area contributed by atoms with Gasteiger partial charge in [-0.2, -0.15) is 9.61 Å². The van der Waals surface area contributed by atoms with E-state index < -0.39 is 0 Å². The summed E-state index contributed by atoms with van der Waals surface area (Å²) < 4.78 is 1.57. The van der Waals surface area contributed by atoms with Gasteiger partial charge in [0.15, 0.2) is 5.65 Å². The average Bonchev–Trinajstić information content (AvgIpc) is 2.96. The number of hydrogen-bond donors (Lipinski definition) is 1. The van der Waals surface area contributed by atoms with Crippen LogP contribution in [0.3, 0.4) is 0 Å². The van der Waals surface area contributed by atoms with Crippen molar-refractivity contribution < 1.29 is 4.79 Å². The number of amides is 1. The van der Waals surface area contributed by atoms with E-state index in [1.54, 1.807) is 47.5 Å². The van der Waals surface area contributed by atoms with Crippen molar-refractivity contribution in [2.24, 2.45) is 0 Å². The van der Waals surface area contributed by atoms with Crippen LogP contribution in [-0.4, -0.2) is 25.5 Å². The molecule has 0 aliphatic rings.